The second-order valence-corrected chi connectivity index (χ2v) is 5.65. The zero-order chi connectivity index (χ0) is 13.0. The molecule has 1 aromatic heterocycles. The minimum Gasteiger partial charge on any atom is -0.381 e. The predicted octanol–water partition coefficient (Wildman–Crippen LogP) is 3.25. The van der Waals surface area contributed by atoms with E-state index in [0.29, 0.717) is 10.2 Å². The maximum absolute atomic E-state index is 6.15. The SMILES string of the molecule is CN(Cc1cnc(Cl)cc1Cl)CC1CCOCC1. The summed E-state index contributed by atoms with van der Waals surface area (Å²) in [5.41, 5.74) is 1.02. The van der Waals surface area contributed by atoms with Crippen molar-refractivity contribution < 1.29 is 4.74 Å². The van der Waals surface area contributed by atoms with Crippen molar-refractivity contribution in [2.75, 3.05) is 26.8 Å². The van der Waals surface area contributed by atoms with E-state index in [1.807, 2.05) is 0 Å². The molecule has 1 aromatic rings. The summed E-state index contributed by atoms with van der Waals surface area (Å²) in [6.07, 6.45) is 4.05. The molecule has 0 saturated carbocycles. The molecule has 0 aromatic carbocycles. The van der Waals surface area contributed by atoms with Crippen LogP contribution in [-0.2, 0) is 11.3 Å². The molecular formula is C13H18Cl2N2O. The van der Waals surface area contributed by atoms with E-state index < -0.39 is 0 Å². The first-order valence-electron chi connectivity index (χ1n) is 6.21. The van der Waals surface area contributed by atoms with Gasteiger partial charge >= 0.3 is 0 Å². The van der Waals surface area contributed by atoms with Crippen molar-refractivity contribution in [2.24, 2.45) is 5.92 Å². The molecule has 1 aliphatic rings. The van der Waals surface area contributed by atoms with Crippen molar-refractivity contribution in [2.45, 2.75) is 19.4 Å². The Bertz CT molecular complexity index is 395. The molecule has 0 N–H and O–H groups in total. The third-order valence-electron chi connectivity index (χ3n) is 3.25. The van der Waals surface area contributed by atoms with Gasteiger partial charge < -0.3 is 9.64 Å². The van der Waals surface area contributed by atoms with Gasteiger partial charge in [0.1, 0.15) is 5.15 Å². The highest BCUT2D eigenvalue weighted by atomic mass is 35.5. The number of hydrogen-bond acceptors (Lipinski definition) is 3. The first kappa shape index (κ1) is 14.1. The summed E-state index contributed by atoms with van der Waals surface area (Å²) in [6.45, 7) is 3.66. The van der Waals surface area contributed by atoms with Crippen molar-refractivity contribution in [3.05, 3.63) is 28.0 Å². The first-order chi connectivity index (χ1) is 8.65. The fourth-order valence-corrected chi connectivity index (χ4v) is 2.70. The van der Waals surface area contributed by atoms with E-state index in [4.69, 9.17) is 27.9 Å². The van der Waals surface area contributed by atoms with Gasteiger partial charge in [0, 0.05) is 43.1 Å². The summed E-state index contributed by atoms with van der Waals surface area (Å²) in [4.78, 5) is 6.36. The molecule has 2 rings (SSSR count). The molecule has 0 atom stereocenters. The van der Waals surface area contributed by atoms with E-state index in [1.54, 1.807) is 12.3 Å². The number of pyridine rings is 1. The lowest BCUT2D eigenvalue weighted by Gasteiger charge is -2.27. The molecule has 0 bridgehead atoms. The smallest absolute Gasteiger partial charge is 0.130 e. The van der Waals surface area contributed by atoms with Gasteiger partial charge in [-0.25, -0.2) is 4.98 Å². The second-order valence-electron chi connectivity index (χ2n) is 4.85. The molecule has 18 heavy (non-hydrogen) atoms. The highest BCUT2D eigenvalue weighted by molar-refractivity contribution is 6.34. The summed E-state index contributed by atoms with van der Waals surface area (Å²) < 4.78 is 5.37. The molecule has 1 aliphatic heterocycles. The summed E-state index contributed by atoms with van der Waals surface area (Å²) in [5, 5.41) is 1.13. The average molecular weight is 289 g/mol. The maximum Gasteiger partial charge on any atom is 0.130 e. The Morgan fingerprint density at radius 2 is 2.11 bits per heavy atom. The lowest BCUT2D eigenvalue weighted by Crippen LogP contribution is -2.29. The van der Waals surface area contributed by atoms with Crippen LogP contribution in [0.2, 0.25) is 10.2 Å². The Kier molecular flexibility index (Phi) is 5.25. The van der Waals surface area contributed by atoms with Gasteiger partial charge in [-0.1, -0.05) is 23.2 Å². The standard InChI is InChI=1S/C13H18Cl2N2O/c1-17(8-10-2-4-18-5-3-10)9-11-7-16-13(15)6-12(11)14/h6-7,10H,2-5,8-9H2,1H3. The topological polar surface area (TPSA) is 25.4 Å². The minimum absolute atomic E-state index is 0.441. The van der Waals surface area contributed by atoms with Gasteiger partial charge in [-0.15, -0.1) is 0 Å². The van der Waals surface area contributed by atoms with Crippen LogP contribution in [0, 0.1) is 5.92 Å². The fraction of sp³-hybridized carbons (Fsp3) is 0.615. The number of rotatable bonds is 4. The van der Waals surface area contributed by atoms with Gasteiger partial charge in [0.15, 0.2) is 0 Å². The Balaban J connectivity index is 1.87. The van der Waals surface area contributed by atoms with Gasteiger partial charge in [-0.2, -0.15) is 0 Å². The molecule has 2 heterocycles. The molecule has 0 unspecified atom stereocenters. The third-order valence-corrected chi connectivity index (χ3v) is 3.81. The van der Waals surface area contributed by atoms with E-state index in [0.717, 1.165) is 50.6 Å². The van der Waals surface area contributed by atoms with E-state index in [-0.39, 0.29) is 0 Å². The van der Waals surface area contributed by atoms with Crippen molar-refractivity contribution in [3.8, 4) is 0 Å². The summed E-state index contributed by atoms with van der Waals surface area (Å²) in [7, 11) is 2.11. The van der Waals surface area contributed by atoms with Crippen LogP contribution in [0.5, 0.6) is 0 Å². The molecule has 3 nitrogen and oxygen atoms in total. The highest BCUT2D eigenvalue weighted by Gasteiger charge is 2.16. The summed E-state index contributed by atoms with van der Waals surface area (Å²) in [5.74, 6) is 0.725. The fourth-order valence-electron chi connectivity index (χ4n) is 2.28. The van der Waals surface area contributed by atoms with Crippen LogP contribution in [0.1, 0.15) is 18.4 Å². The van der Waals surface area contributed by atoms with Crippen molar-refractivity contribution in [3.63, 3.8) is 0 Å². The van der Waals surface area contributed by atoms with E-state index in [9.17, 15) is 0 Å². The largest absolute Gasteiger partial charge is 0.381 e. The lowest BCUT2D eigenvalue weighted by molar-refractivity contribution is 0.0549. The van der Waals surface area contributed by atoms with Gasteiger partial charge in [-0.3, -0.25) is 0 Å². The Labute approximate surface area is 118 Å². The monoisotopic (exact) mass is 288 g/mol. The van der Waals surface area contributed by atoms with Gasteiger partial charge in [-0.05, 0) is 31.9 Å². The van der Waals surface area contributed by atoms with Crippen LogP contribution in [0.25, 0.3) is 0 Å². The predicted molar refractivity (Wildman–Crippen MR) is 74.1 cm³/mol. The Morgan fingerprint density at radius 3 is 2.78 bits per heavy atom. The molecule has 0 spiro atoms. The normalized spacial score (nSPS) is 17.3. The van der Waals surface area contributed by atoms with Gasteiger partial charge in [0.25, 0.3) is 0 Å². The molecule has 1 saturated heterocycles. The van der Waals surface area contributed by atoms with Gasteiger partial charge in [0.05, 0.1) is 0 Å². The molecule has 0 aliphatic carbocycles. The molecule has 1 fully saturated rings. The van der Waals surface area contributed by atoms with Crippen molar-refractivity contribution in [1.82, 2.24) is 9.88 Å². The quantitative estimate of drug-likeness (QED) is 0.796. The Hall–Kier alpha value is -0.350. The van der Waals surface area contributed by atoms with Gasteiger partial charge in [0.2, 0.25) is 0 Å². The van der Waals surface area contributed by atoms with E-state index in [2.05, 4.69) is 16.9 Å². The van der Waals surface area contributed by atoms with Crippen LogP contribution in [-0.4, -0.2) is 36.7 Å². The maximum atomic E-state index is 6.15. The molecular weight excluding hydrogens is 271 g/mol. The second kappa shape index (κ2) is 6.71. The molecule has 0 amide bonds. The zero-order valence-corrected chi connectivity index (χ0v) is 12.0. The number of ether oxygens (including phenoxy) is 1. The highest BCUT2D eigenvalue weighted by Crippen LogP contribution is 2.21. The summed E-state index contributed by atoms with van der Waals surface area (Å²) in [6, 6.07) is 1.70. The number of hydrogen-bond donors (Lipinski definition) is 0. The zero-order valence-electron chi connectivity index (χ0n) is 10.5. The van der Waals surface area contributed by atoms with Crippen molar-refractivity contribution in [1.29, 1.82) is 0 Å². The van der Waals surface area contributed by atoms with E-state index >= 15 is 0 Å². The van der Waals surface area contributed by atoms with Crippen LogP contribution in [0.4, 0.5) is 0 Å². The molecule has 5 heteroatoms. The Morgan fingerprint density at radius 1 is 1.39 bits per heavy atom. The third kappa shape index (κ3) is 4.09. The van der Waals surface area contributed by atoms with Crippen molar-refractivity contribution >= 4 is 23.2 Å². The lowest BCUT2D eigenvalue weighted by atomic mass is 10.00. The minimum atomic E-state index is 0.441. The number of aromatic nitrogens is 1. The summed E-state index contributed by atoms with van der Waals surface area (Å²) >= 11 is 11.9. The van der Waals surface area contributed by atoms with Crippen LogP contribution < -0.4 is 0 Å². The molecule has 0 radical (unpaired) electrons. The first-order valence-corrected chi connectivity index (χ1v) is 6.97. The number of nitrogens with zero attached hydrogens (tertiary/aromatic N) is 2. The van der Waals surface area contributed by atoms with Crippen LogP contribution in [0.3, 0.4) is 0 Å². The average Bonchev–Trinajstić information content (AvgIpc) is 2.34. The number of halogens is 2. The van der Waals surface area contributed by atoms with E-state index in [1.165, 1.54) is 0 Å². The molecule has 100 valence electrons. The van der Waals surface area contributed by atoms with Crippen LogP contribution >= 0.6 is 23.2 Å². The van der Waals surface area contributed by atoms with Crippen LogP contribution in [0.15, 0.2) is 12.3 Å².